The van der Waals surface area contributed by atoms with Crippen molar-refractivity contribution in [1.82, 2.24) is 15.2 Å². The van der Waals surface area contributed by atoms with Gasteiger partial charge in [0, 0.05) is 19.1 Å². The van der Waals surface area contributed by atoms with E-state index in [1.165, 1.54) is 0 Å². The highest BCUT2D eigenvalue weighted by Crippen LogP contribution is 2.24. The van der Waals surface area contributed by atoms with E-state index < -0.39 is 6.10 Å². The lowest BCUT2D eigenvalue weighted by Gasteiger charge is -2.19. The molecule has 0 saturated carbocycles. The number of aromatic nitrogens is 3. The lowest BCUT2D eigenvalue weighted by Crippen LogP contribution is -2.15. The minimum atomic E-state index is -0.597. The van der Waals surface area contributed by atoms with Gasteiger partial charge in [-0.15, -0.1) is 0 Å². The molecule has 78 valence electrons. The molecule has 5 heteroatoms. The Morgan fingerprint density at radius 2 is 2.21 bits per heavy atom. The standard InChI is InChI=1S/C9H15N3O2/c1-6(13)8-10-9(12-11-8)7-2-4-14-5-3-7/h6-7,13H,2-5H2,1H3,(H,10,11,12). The summed E-state index contributed by atoms with van der Waals surface area (Å²) in [7, 11) is 0. The van der Waals surface area contributed by atoms with Crippen molar-refractivity contribution in [3.05, 3.63) is 11.6 Å². The summed E-state index contributed by atoms with van der Waals surface area (Å²) in [5, 5.41) is 16.1. The van der Waals surface area contributed by atoms with E-state index >= 15 is 0 Å². The first-order valence-electron chi connectivity index (χ1n) is 4.95. The van der Waals surface area contributed by atoms with Crippen molar-refractivity contribution in [1.29, 1.82) is 0 Å². The fourth-order valence-electron chi connectivity index (χ4n) is 1.63. The van der Waals surface area contributed by atoms with Gasteiger partial charge in [-0.1, -0.05) is 0 Å². The maximum absolute atomic E-state index is 9.27. The molecule has 1 aliphatic heterocycles. The summed E-state index contributed by atoms with van der Waals surface area (Å²) >= 11 is 0. The summed E-state index contributed by atoms with van der Waals surface area (Å²) in [6.07, 6.45) is 1.36. The molecule has 1 aromatic rings. The second kappa shape index (κ2) is 4.06. The predicted octanol–water partition coefficient (Wildman–Crippen LogP) is 0.752. The molecule has 0 aromatic carbocycles. The Hall–Kier alpha value is -0.940. The SMILES string of the molecule is CC(O)c1n[nH]c(C2CCOCC2)n1. The van der Waals surface area contributed by atoms with Gasteiger partial charge in [0.05, 0.1) is 0 Å². The van der Waals surface area contributed by atoms with E-state index in [1.54, 1.807) is 6.92 Å². The molecule has 14 heavy (non-hydrogen) atoms. The van der Waals surface area contributed by atoms with Crippen molar-refractivity contribution in [3.63, 3.8) is 0 Å². The van der Waals surface area contributed by atoms with Crippen LogP contribution in [-0.2, 0) is 4.74 Å². The van der Waals surface area contributed by atoms with Gasteiger partial charge in [0.2, 0.25) is 0 Å². The van der Waals surface area contributed by atoms with Gasteiger partial charge in [0.1, 0.15) is 11.9 Å². The van der Waals surface area contributed by atoms with Gasteiger partial charge >= 0.3 is 0 Å². The van der Waals surface area contributed by atoms with Crippen LogP contribution >= 0.6 is 0 Å². The van der Waals surface area contributed by atoms with Crippen LogP contribution in [0.5, 0.6) is 0 Å². The Morgan fingerprint density at radius 3 is 2.79 bits per heavy atom. The summed E-state index contributed by atoms with van der Waals surface area (Å²) in [5.41, 5.74) is 0. The largest absolute Gasteiger partial charge is 0.385 e. The number of aliphatic hydroxyl groups excluding tert-OH is 1. The van der Waals surface area contributed by atoms with E-state index in [9.17, 15) is 5.11 Å². The monoisotopic (exact) mass is 197 g/mol. The zero-order chi connectivity index (χ0) is 9.97. The molecule has 1 atom stereocenters. The average molecular weight is 197 g/mol. The van der Waals surface area contributed by atoms with Crippen LogP contribution in [0.3, 0.4) is 0 Å². The van der Waals surface area contributed by atoms with Crippen molar-refractivity contribution in [2.45, 2.75) is 31.8 Å². The van der Waals surface area contributed by atoms with Gasteiger partial charge in [0.25, 0.3) is 0 Å². The third-order valence-corrected chi connectivity index (χ3v) is 2.50. The second-order valence-corrected chi connectivity index (χ2v) is 3.64. The minimum absolute atomic E-state index is 0.406. The summed E-state index contributed by atoms with van der Waals surface area (Å²) < 4.78 is 5.26. The van der Waals surface area contributed by atoms with E-state index in [-0.39, 0.29) is 0 Å². The highest BCUT2D eigenvalue weighted by Gasteiger charge is 2.20. The molecular formula is C9H15N3O2. The van der Waals surface area contributed by atoms with Crippen LogP contribution in [0.15, 0.2) is 0 Å². The van der Waals surface area contributed by atoms with Gasteiger partial charge < -0.3 is 9.84 Å². The van der Waals surface area contributed by atoms with Crippen LogP contribution in [0.2, 0.25) is 0 Å². The van der Waals surface area contributed by atoms with Crippen LogP contribution in [0.4, 0.5) is 0 Å². The van der Waals surface area contributed by atoms with Gasteiger partial charge in [-0.05, 0) is 19.8 Å². The van der Waals surface area contributed by atoms with Gasteiger partial charge in [-0.25, -0.2) is 4.98 Å². The molecule has 1 fully saturated rings. The molecule has 0 amide bonds. The molecule has 5 nitrogen and oxygen atoms in total. The summed E-state index contributed by atoms with van der Waals surface area (Å²) in [4.78, 5) is 4.26. The van der Waals surface area contributed by atoms with Crippen molar-refractivity contribution in [2.75, 3.05) is 13.2 Å². The molecule has 1 saturated heterocycles. The zero-order valence-electron chi connectivity index (χ0n) is 8.23. The molecular weight excluding hydrogens is 182 g/mol. The Bertz CT molecular complexity index is 292. The van der Waals surface area contributed by atoms with Crippen LogP contribution in [-0.4, -0.2) is 33.5 Å². The zero-order valence-corrected chi connectivity index (χ0v) is 8.23. The number of ether oxygens (including phenoxy) is 1. The van der Waals surface area contributed by atoms with E-state index in [4.69, 9.17) is 4.74 Å². The second-order valence-electron chi connectivity index (χ2n) is 3.64. The van der Waals surface area contributed by atoms with Crippen LogP contribution in [0.1, 0.15) is 43.4 Å². The normalized spacial score (nSPS) is 21.0. The highest BCUT2D eigenvalue weighted by atomic mass is 16.5. The summed E-state index contributed by atoms with van der Waals surface area (Å²) in [6, 6.07) is 0. The third kappa shape index (κ3) is 1.93. The molecule has 0 aliphatic carbocycles. The number of aromatic amines is 1. The molecule has 0 bridgehead atoms. The number of nitrogens with zero attached hydrogens (tertiary/aromatic N) is 2. The first kappa shape index (κ1) is 9.61. The topological polar surface area (TPSA) is 71.0 Å². The lowest BCUT2D eigenvalue weighted by atomic mass is 10.00. The summed E-state index contributed by atoms with van der Waals surface area (Å²) in [5.74, 6) is 1.76. The van der Waals surface area contributed by atoms with Crippen LogP contribution < -0.4 is 0 Å². The Labute approximate surface area is 82.5 Å². The number of rotatable bonds is 2. The molecule has 2 N–H and O–H groups in total. The van der Waals surface area contributed by atoms with Gasteiger partial charge in [-0.2, -0.15) is 5.10 Å². The van der Waals surface area contributed by atoms with Gasteiger partial charge in [-0.3, -0.25) is 5.10 Å². The fourth-order valence-corrected chi connectivity index (χ4v) is 1.63. The third-order valence-electron chi connectivity index (χ3n) is 2.50. The van der Waals surface area contributed by atoms with Crippen molar-refractivity contribution in [2.24, 2.45) is 0 Å². The minimum Gasteiger partial charge on any atom is -0.385 e. The first-order chi connectivity index (χ1) is 6.77. The molecule has 0 radical (unpaired) electrons. The number of hydrogen-bond donors (Lipinski definition) is 2. The van der Waals surface area contributed by atoms with E-state index in [1.807, 2.05) is 0 Å². The quantitative estimate of drug-likeness (QED) is 0.734. The van der Waals surface area contributed by atoms with Crippen molar-refractivity contribution < 1.29 is 9.84 Å². The Kier molecular flexibility index (Phi) is 2.79. The molecule has 0 spiro atoms. The van der Waals surface area contributed by atoms with Gasteiger partial charge in [0.15, 0.2) is 5.82 Å². The lowest BCUT2D eigenvalue weighted by molar-refractivity contribution is 0.0836. The van der Waals surface area contributed by atoms with Crippen LogP contribution in [0, 0.1) is 0 Å². The number of aliphatic hydroxyl groups is 1. The summed E-state index contributed by atoms with van der Waals surface area (Å²) in [6.45, 7) is 3.24. The van der Waals surface area contributed by atoms with Crippen LogP contribution in [0.25, 0.3) is 0 Å². The van der Waals surface area contributed by atoms with Crippen molar-refractivity contribution in [3.8, 4) is 0 Å². The average Bonchev–Trinajstić information content (AvgIpc) is 2.68. The first-order valence-corrected chi connectivity index (χ1v) is 4.95. The number of nitrogens with one attached hydrogen (secondary N) is 1. The molecule has 1 aliphatic rings. The molecule has 2 rings (SSSR count). The van der Waals surface area contributed by atoms with E-state index in [0.717, 1.165) is 31.9 Å². The highest BCUT2D eigenvalue weighted by molar-refractivity contribution is 5.00. The molecule has 2 heterocycles. The predicted molar refractivity (Wildman–Crippen MR) is 49.8 cm³/mol. The Balaban J connectivity index is 2.07. The Morgan fingerprint density at radius 1 is 1.50 bits per heavy atom. The number of H-pyrrole nitrogens is 1. The smallest absolute Gasteiger partial charge is 0.178 e. The maximum Gasteiger partial charge on any atom is 0.178 e. The number of hydrogen-bond acceptors (Lipinski definition) is 4. The molecule has 1 unspecified atom stereocenters. The van der Waals surface area contributed by atoms with E-state index in [2.05, 4.69) is 15.2 Å². The molecule has 1 aromatic heterocycles. The maximum atomic E-state index is 9.27. The van der Waals surface area contributed by atoms with Crippen molar-refractivity contribution >= 4 is 0 Å². The van der Waals surface area contributed by atoms with E-state index in [0.29, 0.717) is 11.7 Å². The fraction of sp³-hybridized carbons (Fsp3) is 0.778.